The van der Waals surface area contributed by atoms with E-state index in [0.29, 0.717) is 26.9 Å². The molecule has 6 heteroatoms. The zero-order chi connectivity index (χ0) is 19.4. The highest BCUT2D eigenvalue weighted by atomic mass is 35.5. The van der Waals surface area contributed by atoms with Gasteiger partial charge in [0.05, 0.1) is 10.7 Å². The number of amides is 2. The van der Waals surface area contributed by atoms with Crippen molar-refractivity contribution in [1.29, 1.82) is 0 Å². The summed E-state index contributed by atoms with van der Waals surface area (Å²) in [6, 6.07) is 14.2. The zero-order valence-corrected chi connectivity index (χ0v) is 16.4. The van der Waals surface area contributed by atoms with Crippen LogP contribution in [-0.2, 0) is 0 Å². The quantitative estimate of drug-likeness (QED) is 0.520. The normalized spacial score (nSPS) is 16.4. The number of rotatable bonds is 2. The van der Waals surface area contributed by atoms with Crippen LogP contribution in [0, 0.1) is 0 Å². The van der Waals surface area contributed by atoms with Crippen molar-refractivity contribution in [3.8, 4) is 0 Å². The van der Waals surface area contributed by atoms with E-state index in [0.717, 1.165) is 47.3 Å². The molecule has 2 aliphatic rings. The van der Waals surface area contributed by atoms with Crippen molar-refractivity contribution in [2.24, 2.45) is 0 Å². The Morgan fingerprint density at radius 2 is 1.50 bits per heavy atom. The van der Waals surface area contributed by atoms with E-state index in [1.54, 1.807) is 24.3 Å². The highest BCUT2D eigenvalue weighted by Crippen LogP contribution is 2.40. The standard InChI is InChI=1S/C22H16Cl2N2O2/c23-13-6-8-17(24)19(12-13)26-21(27)15-5-3-4-14-18(25-10-1-2-11-25)9-7-16(20(14)15)22(26)28/h3-9,12H,1-2,10-11H2. The maximum absolute atomic E-state index is 13.3. The monoisotopic (exact) mass is 410 g/mol. The number of hydrogen-bond donors (Lipinski definition) is 0. The average Bonchev–Trinajstić information content (AvgIpc) is 3.23. The van der Waals surface area contributed by atoms with Crippen molar-refractivity contribution >= 4 is 57.2 Å². The molecule has 0 spiro atoms. The van der Waals surface area contributed by atoms with E-state index in [4.69, 9.17) is 23.2 Å². The van der Waals surface area contributed by atoms with E-state index in [1.165, 1.54) is 0 Å². The summed E-state index contributed by atoms with van der Waals surface area (Å²) in [4.78, 5) is 30.0. The summed E-state index contributed by atoms with van der Waals surface area (Å²) in [6.07, 6.45) is 2.31. The van der Waals surface area contributed by atoms with Crippen LogP contribution in [0.1, 0.15) is 33.6 Å². The molecule has 0 radical (unpaired) electrons. The van der Waals surface area contributed by atoms with E-state index < -0.39 is 0 Å². The Hall–Kier alpha value is -2.56. The van der Waals surface area contributed by atoms with Crippen LogP contribution in [0.2, 0.25) is 10.0 Å². The van der Waals surface area contributed by atoms with Gasteiger partial charge >= 0.3 is 0 Å². The summed E-state index contributed by atoms with van der Waals surface area (Å²) in [6.45, 7) is 1.98. The number of nitrogens with zero attached hydrogens (tertiary/aromatic N) is 2. The molecule has 0 bridgehead atoms. The number of benzene rings is 3. The highest BCUT2D eigenvalue weighted by molar-refractivity contribution is 6.41. The molecule has 0 aliphatic carbocycles. The predicted molar refractivity (Wildman–Crippen MR) is 113 cm³/mol. The van der Waals surface area contributed by atoms with Crippen LogP contribution < -0.4 is 9.80 Å². The van der Waals surface area contributed by atoms with Crippen LogP contribution in [-0.4, -0.2) is 24.9 Å². The zero-order valence-electron chi connectivity index (χ0n) is 14.9. The second-order valence-electron chi connectivity index (χ2n) is 7.10. The van der Waals surface area contributed by atoms with Crippen LogP contribution in [0.25, 0.3) is 10.8 Å². The third kappa shape index (κ3) is 2.52. The lowest BCUT2D eigenvalue weighted by Crippen LogP contribution is -2.40. The van der Waals surface area contributed by atoms with Gasteiger partial charge in [0.1, 0.15) is 0 Å². The summed E-state index contributed by atoms with van der Waals surface area (Å²) in [5.41, 5.74) is 2.39. The maximum atomic E-state index is 13.3. The van der Waals surface area contributed by atoms with Crippen LogP contribution >= 0.6 is 23.2 Å². The SMILES string of the molecule is O=C1c2cccc3c(N4CCCC4)ccc(c23)C(=O)N1c1cc(Cl)ccc1Cl. The van der Waals surface area contributed by atoms with Gasteiger partial charge in [-0.15, -0.1) is 0 Å². The summed E-state index contributed by atoms with van der Waals surface area (Å²) in [7, 11) is 0. The molecule has 1 fully saturated rings. The average molecular weight is 411 g/mol. The van der Waals surface area contributed by atoms with E-state index in [-0.39, 0.29) is 11.8 Å². The molecule has 2 aliphatic heterocycles. The van der Waals surface area contributed by atoms with Gasteiger partial charge in [-0.05, 0) is 49.2 Å². The van der Waals surface area contributed by atoms with Gasteiger partial charge in [-0.2, -0.15) is 0 Å². The molecule has 28 heavy (non-hydrogen) atoms. The largest absolute Gasteiger partial charge is 0.371 e. The van der Waals surface area contributed by atoms with Crippen LogP contribution in [0.5, 0.6) is 0 Å². The van der Waals surface area contributed by atoms with Crippen molar-refractivity contribution in [2.75, 3.05) is 22.9 Å². The van der Waals surface area contributed by atoms with Crippen LogP contribution in [0.3, 0.4) is 0 Å². The second-order valence-corrected chi connectivity index (χ2v) is 7.94. The van der Waals surface area contributed by atoms with Gasteiger partial charge in [-0.3, -0.25) is 9.59 Å². The lowest BCUT2D eigenvalue weighted by atomic mass is 9.92. The van der Waals surface area contributed by atoms with E-state index in [9.17, 15) is 9.59 Å². The molecule has 4 nitrogen and oxygen atoms in total. The minimum absolute atomic E-state index is 0.301. The molecular formula is C22H16Cl2N2O2. The fourth-order valence-corrected chi connectivity index (χ4v) is 4.56. The molecule has 3 aromatic carbocycles. The number of carbonyl (C=O) groups excluding carboxylic acids is 2. The fraction of sp³-hybridized carbons (Fsp3) is 0.182. The molecule has 140 valence electrons. The van der Waals surface area contributed by atoms with Gasteiger partial charge < -0.3 is 4.90 Å². The van der Waals surface area contributed by atoms with E-state index in [1.807, 2.05) is 24.3 Å². The Bertz CT molecular complexity index is 1130. The lowest BCUT2D eigenvalue weighted by molar-refractivity contribution is 0.0893. The number of imide groups is 1. The van der Waals surface area contributed by atoms with Gasteiger partial charge in [-0.25, -0.2) is 4.90 Å². The van der Waals surface area contributed by atoms with Crippen molar-refractivity contribution in [1.82, 2.24) is 0 Å². The second kappa shape index (κ2) is 6.50. The maximum Gasteiger partial charge on any atom is 0.266 e. The molecule has 0 atom stereocenters. The number of anilines is 2. The summed E-state index contributed by atoms with van der Waals surface area (Å²) in [5, 5.41) is 2.37. The van der Waals surface area contributed by atoms with Crippen LogP contribution in [0.4, 0.5) is 11.4 Å². The predicted octanol–water partition coefficient (Wildman–Crippen LogP) is 5.55. The summed E-state index contributed by atoms with van der Waals surface area (Å²) < 4.78 is 0. The fourth-order valence-electron chi connectivity index (χ4n) is 4.19. The lowest BCUT2D eigenvalue weighted by Gasteiger charge is -2.29. The Morgan fingerprint density at radius 3 is 2.25 bits per heavy atom. The molecule has 0 N–H and O–H groups in total. The van der Waals surface area contributed by atoms with Crippen molar-refractivity contribution in [2.45, 2.75) is 12.8 Å². The number of carbonyl (C=O) groups is 2. The number of hydrogen-bond acceptors (Lipinski definition) is 3. The van der Waals surface area contributed by atoms with E-state index >= 15 is 0 Å². The Morgan fingerprint density at radius 1 is 0.786 bits per heavy atom. The third-order valence-corrected chi connectivity index (χ3v) is 6.04. The first-order valence-corrected chi connectivity index (χ1v) is 9.96. The minimum Gasteiger partial charge on any atom is -0.371 e. The summed E-state index contributed by atoms with van der Waals surface area (Å²) >= 11 is 12.4. The molecule has 2 amide bonds. The smallest absolute Gasteiger partial charge is 0.266 e. The Kier molecular flexibility index (Phi) is 4.07. The van der Waals surface area contributed by atoms with Gasteiger partial charge in [0.25, 0.3) is 11.8 Å². The van der Waals surface area contributed by atoms with Crippen molar-refractivity contribution < 1.29 is 9.59 Å². The van der Waals surface area contributed by atoms with E-state index in [2.05, 4.69) is 4.90 Å². The van der Waals surface area contributed by atoms with Crippen molar-refractivity contribution in [3.05, 3.63) is 69.7 Å². The Labute approximate surface area is 172 Å². The molecule has 3 aromatic rings. The first-order chi connectivity index (χ1) is 13.6. The first-order valence-electron chi connectivity index (χ1n) is 9.21. The molecule has 0 aromatic heterocycles. The van der Waals surface area contributed by atoms with Gasteiger partial charge in [-0.1, -0.05) is 35.3 Å². The van der Waals surface area contributed by atoms with Gasteiger partial charge in [0.2, 0.25) is 0 Å². The molecular weight excluding hydrogens is 395 g/mol. The van der Waals surface area contributed by atoms with Crippen LogP contribution in [0.15, 0.2) is 48.5 Å². The third-order valence-electron chi connectivity index (χ3n) is 5.48. The first kappa shape index (κ1) is 17.5. The van der Waals surface area contributed by atoms with Crippen molar-refractivity contribution in [3.63, 3.8) is 0 Å². The molecule has 2 heterocycles. The topological polar surface area (TPSA) is 40.6 Å². The molecule has 0 unspecified atom stereocenters. The minimum atomic E-state index is -0.383. The number of halogens is 2. The Balaban J connectivity index is 1.73. The molecule has 5 rings (SSSR count). The highest BCUT2D eigenvalue weighted by Gasteiger charge is 2.36. The summed E-state index contributed by atoms with van der Waals surface area (Å²) in [5.74, 6) is -0.767. The van der Waals surface area contributed by atoms with Gasteiger partial charge in [0.15, 0.2) is 0 Å². The molecule has 0 saturated carbocycles. The molecule has 1 saturated heterocycles. The van der Waals surface area contributed by atoms with Gasteiger partial charge in [0, 0.05) is 45.7 Å².